The van der Waals surface area contributed by atoms with Crippen LogP contribution in [0.1, 0.15) is 36.7 Å². The first-order valence-electron chi connectivity index (χ1n) is 7.91. The molecule has 1 aliphatic rings. The van der Waals surface area contributed by atoms with Gasteiger partial charge in [0.2, 0.25) is 0 Å². The minimum atomic E-state index is -0.567. The number of amides is 1. The number of anilines is 2. The molecule has 2 aromatic rings. The van der Waals surface area contributed by atoms with Crippen LogP contribution in [0.2, 0.25) is 0 Å². The van der Waals surface area contributed by atoms with E-state index in [1.165, 1.54) is 0 Å². The van der Waals surface area contributed by atoms with E-state index in [1.54, 1.807) is 4.90 Å². The van der Waals surface area contributed by atoms with Crippen LogP contribution in [0.15, 0.2) is 45.3 Å². The molecule has 3 nitrogen and oxygen atoms in total. The van der Waals surface area contributed by atoms with Crippen molar-refractivity contribution in [2.24, 2.45) is 0 Å². The fourth-order valence-corrected chi connectivity index (χ4v) is 4.36. The van der Waals surface area contributed by atoms with Crippen LogP contribution < -0.4 is 4.90 Å². The summed E-state index contributed by atoms with van der Waals surface area (Å²) in [7, 11) is 0. The van der Waals surface area contributed by atoms with E-state index < -0.39 is 5.60 Å². The number of carbonyl (C=O) groups excluding carboxylic acids is 1. The number of carbonyl (C=O) groups is 1. The van der Waals surface area contributed by atoms with Crippen molar-refractivity contribution in [2.75, 3.05) is 4.90 Å². The molecule has 1 amide bonds. The lowest BCUT2D eigenvalue weighted by Gasteiger charge is -2.29. The molecule has 3 rings (SSSR count). The Morgan fingerprint density at radius 3 is 2.32 bits per heavy atom. The van der Waals surface area contributed by atoms with E-state index in [9.17, 15) is 4.79 Å². The van der Waals surface area contributed by atoms with Gasteiger partial charge in [-0.2, -0.15) is 0 Å². The summed E-state index contributed by atoms with van der Waals surface area (Å²) in [6.45, 7) is 5.63. The summed E-state index contributed by atoms with van der Waals surface area (Å²) in [5, 5.41) is 0. The van der Waals surface area contributed by atoms with Crippen LogP contribution >= 0.6 is 47.8 Å². The molecule has 0 radical (unpaired) electrons. The molecular weight excluding hydrogens is 514 g/mol. The first-order chi connectivity index (χ1) is 11.7. The lowest BCUT2D eigenvalue weighted by atomic mass is 10.0. The maximum atomic E-state index is 13.0. The van der Waals surface area contributed by atoms with Crippen molar-refractivity contribution in [1.82, 2.24) is 0 Å². The number of halogens is 3. The van der Waals surface area contributed by atoms with E-state index in [0.717, 1.165) is 37.9 Å². The number of nitrogens with zero attached hydrogens (tertiary/aromatic N) is 1. The van der Waals surface area contributed by atoms with Gasteiger partial charge in [0.15, 0.2) is 0 Å². The first kappa shape index (κ1) is 18.9. The van der Waals surface area contributed by atoms with Gasteiger partial charge in [-0.25, -0.2) is 9.69 Å². The third-order valence-electron chi connectivity index (χ3n) is 3.83. The van der Waals surface area contributed by atoms with Crippen molar-refractivity contribution in [3.8, 4) is 0 Å². The van der Waals surface area contributed by atoms with Gasteiger partial charge in [0.25, 0.3) is 0 Å². The van der Waals surface area contributed by atoms with Crippen molar-refractivity contribution in [1.29, 1.82) is 0 Å². The maximum absolute atomic E-state index is 13.0. The van der Waals surface area contributed by atoms with Crippen LogP contribution in [0.3, 0.4) is 0 Å². The second kappa shape index (κ2) is 7.05. The lowest BCUT2D eigenvalue weighted by Crippen LogP contribution is -2.34. The average molecular weight is 532 g/mol. The molecule has 1 heterocycles. The standard InChI is InChI=1S/C19H18Br3NO2/c1-19(2,3)25-18(24)23-16-6-4-12(20)8-11(16)9-15(22)14-10-13(21)5-7-17(14)23/h4-8,10,15H,9H2,1-3H3. The number of rotatable bonds is 0. The molecule has 1 unspecified atom stereocenters. The third-order valence-corrected chi connectivity index (χ3v) is 5.63. The fraction of sp³-hybridized carbons (Fsp3) is 0.316. The van der Waals surface area contributed by atoms with Gasteiger partial charge in [0, 0.05) is 13.8 Å². The van der Waals surface area contributed by atoms with Gasteiger partial charge in [0.05, 0.1) is 11.4 Å². The number of fused-ring (bicyclic) bond motifs is 2. The first-order valence-corrected chi connectivity index (χ1v) is 10.4. The summed E-state index contributed by atoms with van der Waals surface area (Å²) in [5.41, 5.74) is 3.24. The smallest absolute Gasteiger partial charge is 0.419 e. The Balaban J connectivity index is 2.20. The Bertz CT molecular complexity index is 830. The predicted octanol–water partition coefficient (Wildman–Crippen LogP) is 7.28. The van der Waals surface area contributed by atoms with Gasteiger partial charge in [-0.3, -0.25) is 0 Å². The lowest BCUT2D eigenvalue weighted by molar-refractivity contribution is 0.0599. The summed E-state index contributed by atoms with van der Waals surface area (Å²) in [6, 6.07) is 11.9. The highest BCUT2D eigenvalue weighted by Crippen LogP contribution is 2.45. The predicted molar refractivity (Wildman–Crippen MR) is 112 cm³/mol. The van der Waals surface area contributed by atoms with Gasteiger partial charge < -0.3 is 4.74 Å². The van der Waals surface area contributed by atoms with Crippen molar-refractivity contribution in [3.63, 3.8) is 0 Å². The highest BCUT2D eigenvalue weighted by Gasteiger charge is 2.32. The van der Waals surface area contributed by atoms with Crippen LogP contribution in [0.25, 0.3) is 0 Å². The molecule has 0 spiro atoms. The van der Waals surface area contributed by atoms with E-state index in [2.05, 4.69) is 53.9 Å². The van der Waals surface area contributed by atoms with E-state index in [-0.39, 0.29) is 10.9 Å². The van der Waals surface area contributed by atoms with Crippen molar-refractivity contribution in [3.05, 3.63) is 56.5 Å². The Morgan fingerprint density at radius 2 is 1.68 bits per heavy atom. The summed E-state index contributed by atoms with van der Waals surface area (Å²) in [4.78, 5) is 14.8. The maximum Gasteiger partial charge on any atom is 0.419 e. The van der Waals surface area contributed by atoms with Crippen molar-refractivity contribution >= 4 is 65.3 Å². The number of hydrogen-bond donors (Lipinski definition) is 0. The summed E-state index contributed by atoms with van der Waals surface area (Å²) in [5.74, 6) is 0. The van der Waals surface area contributed by atoms with Crippen LogP contribution in [0.4, 0.5) is 16.2 Å². The molecule has 6 heteroatoms. The zero-order valence-electron chi connectivity index (χ0n) is 14.1. The minimum Gasteiger partial charge on any atom is -0.443 e. The molecule has 25 heavy (non-hydrogen) atoms. The summed E-state index contributed by atoms with van der Waals surface area (Å²) in [6.07, 6.45) is 0.401. The molecular formula is C19H18Br3NO2. The topological polar surface area (TPSA) is 29.5 Å². The van der Waals surface area contributed by atoms with Crippen molar-refractivity contribution < 1.29 is 9.53 Å². The number of ether oxygens (including phenoxy) is 1. The largest absolute Gasteiger partial charge is 0.443 e. The van der Waals surface area contributed by atoms with Crippen molar-refractivity contribution in [2.45, 2.75) is 37.6 Å². The molecule has 0 saturated heterocycles. The Morgan fingerprint density at radius 1 is 1.08 bits per heavy atom. The normalized spacial score (nSPS) is 16.7. The molecule has 0 bridgehead atoms. The molecule has 132 valence electrons. The highest BCUT2D eigenvalue weighted by atomic mass is 79.9. The Kier molecular flexibility index (Phi) is 5.33. The third kappa shape index (κ3) is 4.12. The SMILES string of the molecule is CC(C)(C)OC(=O)N1c2ccc(Br)cc2CC(Br)c2cc(Br)ccc21. The van der Waals surface area contributed by atoms with E-state index >= 15 is 0 Å². The van der Waals surface area contributed by atoms with Gasteiger partial charge in [-0.05, 0) is 74.7 Å². The second-order valence-corrected chi connectivity index (χ2v) is 9.90. The summed E-state index contributed by atoms with van der Waals surface area (Å²) >= 11 is 10.9. The van der Waals surface area contributed by atoms with Gasteiger partial charge in [-0.1, -0.05) is 47.8 Å². The molecule has 1 atom stereocenters. The molecule has 1 aliphatic heterocycles. The Labute approximate surface area is 173 Å². The molecule has 0 aliphatic carbocycles. The van der Waals surface area contributed by atoms with E-state index in [0.29, 0.717) is 0 Å². The number of alkyl halides is 1. The minimum absolute atomic E-state index is 0.0977. The molecule has 0 fully saturated rings. The molecule has 0 saturated carbocycles. The molecule has 0 N–H and O–H groups in total. The van der Waals surface area contributed by atoms with E-state index in [1.807, 2.05) is 51.1 Å². The monoisotopic (exact) mass is 529 g/mol. The highest BCUT2D eigenvalue weighted by molar-refractivity contribution is 9.10. The molecule has 2 aromatic carbocycles. The average Bonchev–Trinajstić information content (AvgIpc) is 2.59. The summed E-state index contributed by atoms with van der Waals surface area (Å²) < 4.78 is 7.66. The van der Waals surface area contributed by atoms with Crippen LogP contribution in [0, 0.1) is 0 Å². The quantitative estimate of drug-likeness (QED) is 0.334. The number of hydrogen-bond acceptors (Lipinski definition) is 2. The van der Waals surface area contributed by atoms with Gasteiger partial charge in [0.1, 0.15) is 5.60 Å². The van der Waals surface area contributed by atoms with Crippen LogP contribution in [-0.2, 0) is 11.2 Å². The van der Waals surface area contributed by atoms with Crippen LogP contribution in [-0.4, -0.2) is 11.7 Å². The number of benzene rings is 2. The van der Waals surface area contributed by atoms with Crippen LogP contribution in [0.5, 0.6) is 0 Å². The Hall–Kier alpha value is -0.850. The van der Waals surface area contributed by atoms with E-state index in [4.69, 9.17) is 4.74 Å². The fourth-order valence-electron chi connectivity index (χ4n) is 2.85. The second-order valence-electron chi connectivity index (χ2n) is 6.96. The van der Waals surface area contributed by atoms with Gasteiger partial charge >= 0.3 is 6.09 Å². The van der Waals surface area contributed by atoms with Gasteiger partial charge in [-0.15, -0.1) is 0 Å². The zero-order valence-corrected chi connectivity index (χ0v) is 18.9. The molecule has 0 aromatic heterocycles. The zero-order chi connectivity index (χ0) is 18.4.